The number of rotatable bonds is 5. The third-order valence-electron chi connectivity index (χ3n) is 7.86. The Morgan fingerprint density at radius 1 is 1.14 bits per heavy atom. The van der Waals surface area contributed by atoms with Gasteiger partial charge in [-0.25, -0.2) is 0 Å². The summed E-state index contributed by atoms with van der Waals surface area (Å²) in [5.41, 5.74) is 2.51. The Balaban J connectivity index is 1.09. The molecule has 6 nitrogen and oxygen atoms in total. The molecule has 29 heavy (non-hydrogen) atoms. The Bertz CT molecular complexity index is 829. The van der Waals surface area contributed by atoms with Crippen LogP contribution in [-0.4, -0.2) is 59.5 Å². The van der Waals surface area contributed by atoms with Crippen LogP contribution in [0.15, 0.2) is 24.3 Å². The van der Waals surface area contributed by atoms with Crippen LogP contribution in [0.2, 0.25) is 0 Å². The molecule has 4 atom stereocenters. The van der Waals surface area contributed by atoms with Crippen LogP contribution in [0, 0.1) is 17.8 Å². The lowest BCUT2D eigenvalue weighted by atomic mass is 9.73. The molecule has 6 heteroatoms. The van der Waals surface area contributed by atoms with Gasteiger partial charge in [-0.1, -0.05) is 24.3 Å². The molecule has 4 aliphatic heterocycles. The summed E-state index contributed by atoms with van der Waals surface area (Å²) >= 11 is 0. The monoisotopic (exact) mass is 395 g/mol. The van der Waals surface area contributed by atoms with E-state index in [1.165, 1.54) is 11.1 Å². The van der Waals surface area contributed by atoms with Gasteiger partial charge in [0, 0.05) is 43.9 Å². The minimum Gasteiger partial charge on any atom is -0.369 e. The third kappa shape index (κ3) is 2.99. The van der Waals surface area contributed by atoms with Crippen LogP contribution >= 0.6 is 0 Å². The average molecular weight is 396 g/mol. The standard InChI is InChI=1S/C23H29N3O3/c27-21(13-25-10-16-3-1-2-4-17(16)11-25)26-12-19-18(9-24-22(28)15-5-6-15)20-7-8-23(19,14-26)29-20/h1-4,15,18-20H,5-14H2,(H,24,28)/t18-,19+,20+,23+/m0/s1. The number of fused-ring (bicyclic) bond motifs is 2. The summed E-state index contributed by atoms with van der Waals surface area (Å²) in [6, 6.07) is 8.46. The molecule has 1 aromatic carbocycles. The summed E-state index contributed by atoms with van der Waals surface area (Å²) in [6.07, 6.45) is 4.43. The van der Waals surface area contributed by atoms with Gasteiger partial charge in [0.1, 0.15) is 0 Å². The predicted octanol–water partition coefficient (Wildman–Crippen LogP) is 1.53. The highest BCUT2D eigenvalue weighted by Crippen LogP contribution is 2.54. The van der Waals surface area contributed by atoms with Gasteiger partial charge in [0.2, 0.25) is 11.8 Å². The zero-order chi connectivity index (χ0) is 19.6. The fourth-order valence-electron chi connectivity index (χ4n) is 6.17. The Morgan fingerprint density at radius 2 is 1.90 bits per heavy atom. The van der Waals surface area contributed by atoms with Gasteiger partial charge in [0.05, 0.1) is 24.8 Å². The molecule has 1 spiro atoms. The molecule has 0 unspecified atom stereocenters. The molecule has 4 heterocycles. The smallest absolute Gasteiger partial charge is 0.236 e. The number of hydrogen-bond donors (Lipinski definition) is 1. The molecule has 4 fully saturated rings. The van der Waals surface area contributed by atoms with E-state index in [0.29, 0.717) is 24.9 Å². The molecule has 1 N–H and O–H groups in total. The maximum absolute atomic E-state index is 13.1. The number of likely N-dealkylation sites (tertiary alicyclic amines) is 1. The number of ether oxygens (including phenoxy) is 1. The minimum atomic E-state index is -0.163. The summed E-state index contributed by atoms with van der Waals surface area (Å²) in [4.78, 5) is 29.5. The number of carbonyl (C=O) groups is 2. The first-order valence-corrected chi connectivity index (χ1v) is 11.1. The molecule has 2 bridgehead atoms. The van der Waals surface area contributed by atoms with Crippen molar-refractivity contribution < 1.29 is 14.3 Å². The highest BCUT2D eigenvalue weighted by atomic mass is 16.5. The van der Waals surface area contributed by atoms with Crippen molar-refractivity contribution in [1.29, 1.82) is 0 Å². The summed E-state index contributed by atoms with van der Waals surface area (Å²) in [5, 5.41) is 3.16. The van der Waals surface area contributed by atoms with Crippen LogP contribution in [0.3, 0.4) is 0 Å². The van der Waals surface area contributed by atoms with Crippen LogP contribution in [0.5, 0.6) is 0 Å². The van der Waals surface area contributed by atoms with Crippen molar-refractivity contribution >= 4 is 11.8 Å². The van der Waals surface area contributed by atoms with Crippen LogP contribution in [-0.2, 0) is 27.4 Å². The average Bonchev–Trinajstić information content (AvgIpc) is 3.08. The molecule has 6 rings (SSSR count). The van der Waals surface area contributed by atoms with E-state index in [-0.39, 0.29) is 29.4 Å². The minimum absolute atomic E-state index is 0.163. The molecule has 0 radical (unpaired) electrons. The number of benzene rings is 1. The van der Waals surface area contributed by atoms with E-state index in [2.05, 4.69) is 34.5 Å². The third-order valence-corrected chi connectivity index (χ3v) is 7.86. The van der Waals surface area contributed by atoms with Gasteiger partial charge in [0.15, 0.2) is 0 Å². The number of nitrogens with zero attached hydrogens (tertiary/aromatic N) is 2. The lowest BCUT2D eigenvalue weighted by Crippen LogP contribution is -2.42. The number of nitrogens with one attached hydrogen (secondary N) is 1. The van der Waals surface area contributed by atoms with E-state index in [1.54, 1.807) is 0 Å². The maximum Gasteiger partial charge on any atom is 0.236 e. The normalized spacial score (nSPS) is 35.0. The second-order valence-corrected chi connectivity index (χ2v) is 9.74. The Morgan fingerprint density at radius 3 is 2.62 bits per heavy atom. The van der Waals surface area contributed by atoms with Gasteiger partial charge in [-0.15, -0.1) is 0 Å². The van der Waals surface area contributed by atoms with Gasteiger partial charge >= 0.3 is 0 Å². The summed E-state index contributed by atoms with van der Waals surface area (Å²) in [6.45, 7) is 4.40. The fraction of sp³-hybridized carbons (Fsp3) is 0.652. The van der Waals surface area contributed by atoms with Crippen LogP contribution in [0.4, 0.5) is 0 Å². The van der Waals surface area contributed by atoms with E-state index in [1.807, 2.05) is 4.90 Å². The van der Waals surface area contributed by atoms with Gasteiger partial charge in [-0.3, -0.25) is 14.5 Å². The molecular formula is C23H29N3O3. The molecule has 1 aromatic rings. The number of hydrogen-bond acceptors (Lipinski definition) is 4. The first-order chi connectivity index (χ1) is 14.1. The van der Waals surface area contributed by atoms with Crippen molar-refractivity contribution in [1.82, 2.24) is 15.1 Å². The second kappa shape index (κ2) is 6.54. The molecule has 2 amide bonds. The van der Waals surface area contributed by atoms with E-state index >= 15 is 0 Å². The summed E-state index contributed by atoms with van der Waals surface area (Å²) < 4.78 is 6.45. The Kier molecular flexibility index (Phi) is 4.04. The number of carbonyl (C=O) groups excluding carboxylic acids is 2. The molecule has 1 aliphatic carbocycles. The molecule has 3 saturated heterocycles. The van der Waals surface area contributed by atoms with Gasteiger partial charge in [-0.2, -0.15) is 0 Å². The van der Waals surface area contributed by atoms with Gasteiger partial charge in [0.25, 0.3) is 0 Å². The zero-order valence-electron chi connectivity index (χ0n) is 16.8. The topological polar surface area (TPSA) is 61.9 Å². The second-order valence-electron chi connectivity index (χ2n) is 9.74. The van der Waals surface area contributed by atoms with E-state index in [0.717, 1.165) is 51.9 Å². The highest BCUT2D eigenvalue weighted by Gasteiger charge is 2.63. The largest absolute Gasteiger partial charge is 0.369 e. The Labute approximate surface area is 171 Å². The lowest BCUT2D eigenvalue weighted by molar-refractivity contribution is -0.133. The van der Waals surface area contributed by atoms with Crippen LogP contribution < -0.4 is 5.32 Å². The zero-order valence-corrected chi connectivity index (χ0v) is 16.8. The van der Waals surface area contributed by atoms with E-state index in [9.17, 15) is 9.59 Å². The summed E-state index contributed by atoms with van der Waals surface area (Å²) in [7, 11) is 0. The molecule has 5 aliphatic rings. The van der Waals surface area contributed by atoms with Crippen molar-refractivity contribution in [3.05, 3.63) is 35.4 Å². The first-order valence-electron chi connectivity index (χ1n) is 11.1. The van der Waals surface area contributed by atoms with Gasteiger partial charge < -0.3 is 15.0 Å². The predicted molar refractivity (Wildman–Crippen MR) is 107 cm³/mol. The quantitative estimate of drug-likeness (QED) is 0.822. The van der Waals surface area contributed by atoms with Crippen molar-refractivity contribution in [3.8, 4) is 0 Å². The fourth-order valence-corrected chi connectivity index (χ4v) is 6.17. The lowest BCUT2D eigenvalue weighted by Gasteiger charge is -2.29. The summed E-state index contributed by atoms with van der Waals surface area (Å²) in [5.74, 6) is 1.38. The van der Waals surface area contributed by atoms with Crippen LogP contribution in [0.25, 0.3) is 0 Å². The van der Waals surface area contributed by atoms with Crippen molar-refractivity contribution in [2.45, 2.75) is 50.5 Å². The molecule has 0 aromatic heterocycles. The molecule has 1 saturated carbocycles. The number of amides is 2. The van der Waals surface area contributed by atoms with Crippen LogP contribution in [0.1, 0.15) is 36.8 Å². The van der Waals surface area contributed by atoms with Gasteiger partial charge in [-0.05, 0) is 36.8 Å². The van der Waals surface area contributed by atoms with Crippen molar-refractivity contribution in [2.75, 3.05) is 26.2 Å². The van der Waals surface area contributed by atoms with E-state index < -0.39 is 0 Å². The van der Waals surface area contributed by atoms with Crippen molar-refractivity contribution in [3.63, 3.8) is 0 Å². The van der Waals surface area contributed by atoms with Crippen molar-refractivity contribution in [2.24, 2.45) is 17.8 Å². The van der Waals surface area contributed by atoms with E-state index in [4.69, 9.17) is 4.74 Å². The molecular weight excluding hydrogens is 366 g/mol. The maximum atomic E-state index is 13.1. The first kappa shape index (κ1) is 17.9. The SMILES string of the molecule is O=C(NC[C@H]1[C@H]2CN(C(=O)CN3Cc4ccccc4C3)C[C@]23CC[C@H]1O3)C1CC1. The molecule has 154 valence electrons. The highest BCUT2D eigenvalue weighted by molar-refractivity contribution is 5.81. The Hall–Kier alpha value is -1.92.